The van der Waals surface area contributed by atoms with Crippen molar-refractivity contribution in [3.05, 3.63) is 11.6 Å². The summed E-state index contributed by atoms with van der Waals surface area (Å²) in [4.78, 5) is 25.0. The molecular weight excluding hydrogens is 270 g/mol. The minimum absolute atomic E-state index is 0.0223. The molecule has 1 heterocycles. The number of carboxylic acids is 1. The van der Waals surface area contributed by atoms with Gasteiger partial charge in [0.05, 0.1) is 6.42 Å². The van der Waals surface area contributed by atoms with E-state index in [0.717, 1.165) is 18.4 Å². The van der Waals surface area contributed by atoms with Crippen LogP contribution in [0.2, 0.25) is 0 Å². The summed E-state index contributed by atoms with van der Waals surface area (Å²) in [5, 5.41) is 8.88. The van der Waals surface area contributed by atoms with Gasteiger partial charge in [-0.15, -0.1) is 0 Å². The van der Waals surface area contributed by atoms with Gasteiger partial charge in [0.2, 0.25) is 5.91 Å². The first-order valence-electron chi connectivity index (χ1n) is 7.50. The Hall–Kier alpha value is -1.36. The zero-order chi connectivity index (χ0) is 16.0. The Labute approximate surface area is 127 Å². The van der Waals surface area contributed by atoms with Crippen molar-refractivity contribution >= 4 is 11.9 Å². The molecule has 0 aromatic rings. The summed E-state index contributed by atoms with van der Waals surface area (Å²) in [6, 6.07) is 0.0784. The molecule has 1 aliphatic rings. The maximum absolute atomic E-state index is 12.5. The maximum Gasteiger partial charge on any atom is 0.305 e. The number of hydrogen-bond donors (Lipinski definition) is 1. The van der Waals surface area contributed by atoms with Crippen LogP contribution in [0.4, 0.5) is 0 Å². The van der Waals surface area contributed by atoms with Crippen LogP contribution in [-0.2, 0) is 14.3 Å². The summed E-state index contributed by atoms with van der Waals surface area (Å²) in [6.07, 6.45) is 3.17. The van der Waals surface area contributed by atoms with Crippen LogP contribution in [-0.4, -0.2) is 47.7 Å². The quantitative estimate of drug-likeness (QED) is 0.792. The smallest absolute Gasteiger partial charge is 0.305 e. The van der Waals surface area contributed by atoms with E-state index in [-0.39, 0.29) is 30.3 Å². The van der Waals surface area contributed by atoms with Crippen LogP contribution in [0.25, 0.3) is 0 Å². The maximum atomic E-state index is 12.5. The van der Waals surface area contributed by atoms with E-state index in [1.165, 1.54) is 0 Å². The predicted molar refractivity (Wildman–Crippen MR) is 81.0 cm³/mol. The van der Waals surface area contributed by atoms with Gasteiger partial charge in [0.15, 0.2) is 0 Å². The molecule has 1 aliphatic heterocycles. The molecule has 0 unspecified atom stereocenters. The first-order valence-corrected chi connectivity index (χ1v) is 7.50. The van der Waals surface area contributed by atoms with Gasteiger partial charge in [-0.25, -0.2) is 0 Å². The van der Waals surface area contributed by atoms with E-state index in [0.29, 0.717) is 13.2 Å². The van der Waals surface area contributed by atoms with E-state index < -0.39 is 5.97 Å². The number of ether oxygens (including phenoxy) is 1. The van der Waals surface area contributed by atoms with Crippen LogP contribution in [0.15, 0.2) is 11.6 Å². The summed E-state index contributed by atoms with van der Waals surface area (Å²) in [7, 11) is 0. The molecule has 0 aliphatic carbocycles. The molecular formula is C16H27NO4. The second-order valence-corrected chi connectivity index (χ2v) is 6.60. The lowest BCUT2D eigenvalue weighted by Crippen LogP contribution is -2.44. The first-order chi connectivity index (χ1) is 9.71. The molecule has 0 aromatic carbocycles. The monoisotopic (exact) mass is 297 g/mol. The van der Waals surface area contributed by atoms with Gasteiger partial charge in [0.1, 0.15) is 0 Å². The van der Waals surface area contributed by atoms with Gasteiger partial charge in [-0.1, -0.05) is 26.3 Å². The average Bonchev–Trinajstić information content (AvgIpc) is 2.38. The molecule has 1 saturated heterocycles. The van der Waals surface area contributed by atoms with E-state index in [9.17, 15) is 9.59 Å². The van der Waals surface area contributed by atoms with Crippen LogP contribution < -0.4 is 0 Å². The number of carbonyl (C=O) groups excluding carboxylic acids is 1. The van der Waals surface area contributed by atoms with Crippen molar-refractivity contribution in [3.63, 3.8) is 0 Å². The number of carbonyl (C=O) groups is 2. The predicted octanol–water partition coefficient (Wildman–Crippen LogP) is 2.46. The van der Waals surface area contributed by atoms with Crippen LogP contribution in [0.5, 0.6) is 0 Å². The largest absolute Gasteiger partial charge is 0.481 e. The van der Waals surface area contributed by atoms with E-state index in [4.69, 9.17) is 9.84 Å². The number of rotatable bonds is 5. The Morgan fingerprint density at radius 2 is 1.86 bits per heavy atom. The van der Waals surface area contributed by atoms with Crippen molar-refractivity contribution in [2.75, 3.05) is 19.8 Å². The third kappa shape index (κ3) is 5.87. The molecule has 1 N–H and O–H groups in total. The van der Waals surface area contributed by atoms with Crippen LogP contribution in [0.3, 0.4) is 0 Å². The Bertz CT molecular complexity index is 403. The number of hydrogen-bond acceptors (Lipinski definition) is 3. The topological polar surface area (TPSA) is 66.8 Å². The van der Waals surface area contributed by atoms with Gasteiger partial charge in [-0.2, -0.15) is 0 Å². The normalized spacial score (nSPS) is 17.6. The lowest BCUT2D eigenvalue weighted by atomic mass is 9.87. The number of amides is 1. The third-order valence-electron chi connectivity index (χ3n) is 4.00. The number of nitrogens with zero attached hydrogens (tertiary/aromatic N) is 1. The molecule has 0 aromatic heterocycles. The van der Waals surface area contributed by atoms with Gasteiger partial charge < -0.3 is 14.7 Å². The van der Waals surface area contributed by atoms with Crippen LogP contribution in [0.1, 0.15) is 47.0 Å². The number of allylic oxidation sites excluding steroid dienone is 1. The highest BCUT2D eigenvalue weighted by Gasteiger charge is 2.26. The van der Waals surface area contributed by atoms with E-state index in [1.54, 1.807) is 11.0 Å². The van der Waals surface area contributed by atoms with Gasteiger partial charge in [-0.3, -0.25) is 9.59 Å². The minimum Gasteiger partial charge on any atom is -0.481 e. The van der Waals surface area contributed by atoms with Crippen molar-refractivity contribution in [1.29, 1.82) is 0 Å². The summed E-state index contributed by atoms with van der Waals surface area (Å²) < 4.78 is 5.32. The van der Waals surface area contributed by atoms with E-state index in [2.05, 4.69) is 20.8 Å². The zero-order valence-corrected chi connectivity index (χ0v) is 13.5. The van der Waals surface area contributed by atoms with E-state index in [1.807, 2.05) is 6.92 Å². The Balaban J connectivity index is 2.83. The fraction of sp³-hybridized carbons (Fsp3) is 0.750. The first kappa shape index (κ1) is 17.7. The molecule has 5 heteroatoms. The van der Waals surface area contributed by atoms with Crippen molar-refractivity contribution in [1.82, 2.24) is 4.90 Å². The lowest BCUT2D eigenvalue weighted by Gasteiger charge is -2.34. The molecule has 0 radical (unpaired) electrons. The highest BCUT2D eigenvalue weighted by molar-refractivity contribution is 5.89. The summed E-state index contributed by atoms with van der Waals surface area (Å²) in [5.41, 5.74) is 0.934. The van der Waals surface area contributed by atoms with Gasteiger partial charge in [0.25, 0.3) is 0 Å². The fourth-order valence-electron chi connectivity index (χ4n) is 2.17. The molecule has 1 fully saturated rings. The number of carboxylic acid groups (broad SMARTS) is 1. The summed E-state index contributed by atoms with van der Waals surface area (Å²) >= 11 is 0. The average molecular weight is 297 g/mol. The molecule has 0 saturated carbocycles. The number of aliphatic carboxylic acids is 1. The molecule has 1 rings (SSSR count). The second-order valence-electron chi connectivity index (χ2n) is 6.60. The van der Waals surface area contributed by atoms with Crippen molar-refractivity contribution in [2.45, 2.75) is 53.0 Å². The van der Waals surface area contributed by atoms with Crippen molar-refractivity contribution < 1.29 is 19.4 Å². The highest BCUT2D eigenvalue weighted by atomic mass is 16.5. The van der Waals surface area contributed by atoms with Crippen LogP contribution >= 0.6 is 0 Å². The van der Waals surface area contributed by atoms with Crippen LogP contribution in [0, 0.1) is 5.41 Å². The van der Waals surface area contributed by atoms with Gasteiger partial charge in [0, 0.05) is 31.9 Å². The van der Waals surface area contributed by atoms with Gasteiger partial charge >= 0.3 is 5.97 Å². The Kier molecular flexibility index (Phi) is 6.40. The summed E-state index contributed by atoms with van der Waals surface area (Å²) in [5.74, 6) is -0.966. The lowest BCUT2D eigenvalue weighted by molar-refractivity contribution is -0.138. The molecule has 5 nitrogen and oxygen atoms in total. The highest BCUT2D eigenvalue weighted by Crippen LogP contribution is 2.25. The second kappa shape index (κ2) is 7.59. The SMILES string of the molecule is C/C(=C\C(=O)N(CCC(=O)O)C1CCOCC1)C(C)(C)C. The molecule has 120 valence electrons. The van der Waals surface area contributed by atoms with E-state index >= 15 is 0 Å². The summed E-state index contributed by atoms with van der Waals surface area (Å²) in [6.45, 7) is 9.63. The molecule has 1 amide bonds. The van der Waals surface area contributed by atoms with Gasteiger partial charge in [-0.05, 0) is 25.2 Å². The zero-order valence-electron chi connectivity index (χ0n) is 13.5. The fourth-order valence-corrected chi connectivity index (χ4v) is 2.17. The Morgan fingerprint density at radius 1 is 1.29 bits per heavy atom. The van der Waals surface area contributed by atoms with Crippen molar-refractivity contribution in [3.8, 4) is 0 Å². The molecule has 21 heavy (non-hydrogen) atoms. The third-order valence-corrected chi connectivity index (χ3v) is 4.00. The molecule has 0 atom stereocenters. The standard InChI is InChI=1S/C16H27NO4/c1-12(16(2,3)4)11-14(18)17(8-5-15(19)20)13-6-9-21-10-7-13/h11,13H,5-10H2,1-4H3,(H,19,20)/b12-11+. The molecule has 0 spiro atoms. The minimum atomic E-state index is -0.878. The van der Waals surface area contributed by atoms with Crippen molar-refractivity contribution in [2.24, 2.45) is 5.41 Å². The molecule has 0 bridgehead atoms. The Morgan fingerprint density at radius 3 is 2.33 bits per heavy atom.